The molecule has 17 heavy (non-hydrogen) atoms. The number of hydrogen-bond acceptors (Lipinski definition) is 4. The quantitative estimate of drug-likeness (QED) is 0.453. The van der Waals surface area contributed by atoms with Gasteiger partial charge >= 0.3 is 0 Å². The zero-order valence-corrected chi connectivity index (χ0v) is 12.4. The van der Waals surface area contributed by atoms with Crippen molar-refractivity contribution in [1.29, 1.82) is 0 Å². The van der Waals surface area contributed by atoms with Crippen LogP contribution in [0.3, 0.4) is 0 Å². The van der Waals surface area contributed by atoms with Crippen molar-refractivity contribution in [1.82, 2.24) is 30.8 Å². The molecule has 0 bridgehead atoms. The van der Waals surface area contributed by atoms with Crippen LogP contribution in [0.25, 0.3) is 0 Å². The van der Waals surface area contributed by atoms with Gasteiger partial charge in [0.2, 0.25) is 0 Å². The van der Waals surface area contributed by atoms with E-state index in [2.05, 4.69) is 31.2 Å². The Morgan fingerprint density at radius 1 is 1.53 bits per heavy atom. The third-order valence-electron chi connectivity index (χ3n) is 2.61. The second-order valence-electron chi connectivity index (χ2n) is 3.90. The number of hydrogen-bond donors (Lipinski definition) is 2. The lowest BCUT2D eigenvalue weighted by molar-refractivity contribution is 0.519. The first-order valence-corrected chi connectivity index (χ1v) is 5.47. The van der Waals surface area contributed by atoms with Gasteiger partial charge in [-0.25, -0.2) is 4.68 Å². The SMILES string of the molecule is CN=C(NC)NCc1nnnn1CC1CC1.I. The second-order valence-corrected chi connectivity index (χ2v) is 3.90. The number of rotatable bonds is 4. The van der Waals surface area contributed by atoms with Crippen molar-refractivity contribution in [2.75, 3.05) is 14.1 Å². The molecule has 1 saturated carbocycles. The Labute approximate surface area is 117 Å². The van der Waals surface area contributed by atoms with Crippen LogP contribution in [0.2, 0.25) is 0 Å². The molecule has 0 aliphatic heterocycles. The molecule has 1 aromatic rings. The second kappa shape index (κ2) is 6.72. The monoisotopic (exact) mass is 351 g/mol. The number of tetrazole rings is 1. The van der Waals surface area contributed by atoms with Gasteiger partial charge in [-0.05, 0) is 29.2 Å². The van der Waals surface area contributed by atoms with Crippen LogP contribution in [0, 0.1) is 5.92 Å². The van der Waals surface area contributed by atoms with Crippen molar-refractivity contribution in [3.63, 3.8) is 0 Å². The van der Waals surface area contributed by atoms with E-state index in [1.165, 1.54) is 12.8 Å². The summed E-state index contributed by atoms with van der Waals surface area (Å²) in [6.07, 6.45) is 2.59. The summed E-state index contributed by atoms with van der Waals surface area (Å²) >= 11 is 0. The predicted molar refractivity (Wildman–Crippen MR) is 75.2 cm³/mol. The van der Waals surface area contributed by atoms with Gasteiger partial charge < -0.3 is 10.6 Å². The van der Waals surface area contributed by atoms with Gasteiger partial charge in [-0.15, -0.1) is 29.1 Å². The average Bonchev–Trinajstić information content (AvgIpc) is 3.00. The molecule has 0 amide bonds. The van der Waals surface area contributed by atoms with Gasteiger partial charge in [0.05, 0.1) is 6.54 Å². The van der Waals surface area contributed by atoms with E-state index in [1.807, 2.05) is 11.7 Å². The third-order valence-corrected chi connectivity index (χ3v) is 2.61. The van der Waals surface area contributed by atoms with E-state index < -0.39 is 0 Å². The molecule has 1 aliphatic rings. The van der Waals surface area contributed by atoms with Crippen LogP contribution in [0.4, 0.5) is 0 Å². The zero-order chi connectivity index (χ0) is 11.4. The summed E-state index contributed by atoms with van der Waals surface area (Å²) in [5, 5.41) is 17.7. The number of guanidine groups is 1. The highest BCUT2D eigenvalue weighted by atomic mass is 127. The van der Waals surface area contributed by atoms with Crippen LogP contribution in [0.1, 0.15) is 18.7 Å². The van der Waals surface area contributed by atoms with Gasteiger partial charge in [0.25, 0.3) is 0 Å². The molecule has 0 radical (unpaired) electrons. The van der Waals surface area contributed by atoms with E-state index in [0.717, 1.165) is 24.2 Å². The molecule has 1 aliphatic carbocycles. The highest BCUT2D eigenvalue weighted by molar-refractivity contribution is 14.0. The van der Waals surface area contributed by atoms with Crippen molar-refractivity contribution < 1.29 is 0 Å². The lowest BCUT2D eigenvalue weighted by atomic mass is 10.4. The smallest absolute Gasteiger partial charge is 0.191 e. The molecule has 0 spiro atoms. The largest absolute Gasteiger partial charge is 0.359 e. The number of aromatic nitrogens is 4. The van der Waals surface area contributed by atoms with Crippen molar-refractivity contribution >= 4 is 29.9 Å². The number of nitrogens with zero attached hydrogens (tertiary/aromatic N) is 5. The molecule has 96 valence electrons. The van der Waals surface area contributed by atoms with Crippen LogP contribution in [0.5, 0.6) is 0 Å². The van der Waals surface area contributed by atoms with Crippen molar-refractivity contribution in [3.05, 3.63) is 5.82 Å². The molecule has 0 saturated heterocycles. The minimum Gasteiger partial charge on any atom is -0.359 e. The Hall–Kier alpha value is -0.930. The third kappa shape index (κ3) is 4.10. The first-order valence-electron chi connectivity index (χ1n) is 5.47. The van der Waals surface area contributed by atoms with Crippen LogP contribution in [-0.2, 0) is 13.1 Å². The van der Waals surface area contributed by atoms with Gasteiger partial charge in [-0.1, -0.05) is 0 Å². The predicted octanol–water partition coefficient (Wildman–Crippen LogP) is -0.00410. The topological polar surface area (TPSA) is 80.0 Å². The Morgan fingerprint density at radius 3 is 2.88 bits per heavy atom. The molecule has 0 aromatic carbocycles. The van der Waals surface area contributed by atoms with Gasteiger partial charge in [0.1, 0.15) is 0 Å². The van der Waals surface area contributed by atoms with Crippen molar-refractivity contribution in [3.8, 4) is 0 Å². The summed E-state index contributed by atoms with van der Waals surface area (Å²) in [5.74, 6) is 2.36. The van der Waals surface area contributed by atoms with Crippen LogP contribution in [0.15, 0.2) is 4.99 Å². The van der Waals surface area contributed by atoms with Crippen LogP contribution < -0.4 is 10.6 Å². The molecule has 1 heterocycles. The lowest BCUT2D eigenvalue weighted by Gasteiger charge is -2.08. The first-order chi connectivity index (χ1) is 7.83. The van der Waals surface area contributed by atoms with Crippen LogP contribution in [-0.4, -0.2) is 40.3 Å². The maximum Gasteiger partial charge on any atom is 0.191 e. The van der Waals surface area contributed by atoms with E-state index >= 15 is 0 Å². The molecule has 1 aromatic heterocycles. The number of aliphatic imine (C=N–C) groups is 1. The number of nitrogens with one attached hydrogen (secondary N) is 2. The molecule has 2 N–H and O–H groups in total. The molecule has 2 rings (SSSR count). The molecule has 8 heteroatoms. The summed E-state index contributed by atoms with van der Waals surface area (Å²) in [6, 6.07) is 0. The molecule has 7 nitrogen and oxygen atoms in total. The summed E-state index contributed by atoms with van der Waals surface area (Å²) < 4.78 is 1.87. The van der Waals surface area contributed by atoms with Gasteiger partial charge in [-0.3, -0.25) is 4.99 Å². The van der Waals surface area contributed by atoms with E-state index in [9.17, 15) is 0 Å². The molecular weight excluding hydrogens is 333 g/mol. The van der Waals surface area contributed by atoms with E-state index in [1.54, 1.807) is 7.05 Å². The van der Waals surface area contributed by atoms with Crippen LogP contribution >= 0.6 is 24.0 Å². The van der Waals surface area contributed by atoms with Gasteiger partial charge in [0, 0.05) is 20.6 Å². The Bertz CT molecular complexity index is 371. The van der Waals surface area contributed by atoms with Gasteiger partial charge in [0.15, 0.2) is 11.8 Å². The normalized spacial score (nSPS) is 15.3. The fourth-order valence-electron chi connectivity index (χ4n) is 1.48. The summed E-state index contributed by atoms with van der Waals surface area (Å²) in [5.41, 5.74) is 0. The Morgan fingerprint density at radius 2 is 2.29 bits per heavy atom. The summed E-state index contributed by atoms with van der Waals surface area (Å²) in [7, 11) is 3.55. The van der Waals surface area contributed by atoms with E-state index in [0.29, 0.717) is 6.54 Å². The first kappa shape index (κ1) is 14.1. The Kier molecular flexibility index (Phi) is 5.59. The summed E-state index contributed by atoms with van der Waals surface area (Å²) in [4.78, 5) is 4.03. The van der Waals surface area contributed by atoms with E-state index in [4.69, 9.17) is 0 Å². The summed E-state index contributed by atoms with van der Waals surface area (Å²) in [6.45, 7) is 1.52. The Balaban J connectivity index is 0.00000144. The number of halogens is 1. The highest BCUT2D eigenvalue weighted by Gasteiger charge is 2.23. The lowest BCUT2D eigenvalue weighted by Crippen LogP contribution is -2.35. The minimum absolute atomic E-state index is 0. The maximum atomic E-state index is 4.03. The van der Waals surface area contributed by atoms with Gasteiger partial charge in [-0.2, -0.15) is 0 Å². The fourth-order valence-corrected chi connectivity index (χ4v) is 1.48. The van der Waals surface area contributed by atoms with E-state index in [-0.39, 0.29) is 24.0 Å². The van der Waals surface area contributed by atoms with Crippen molar-refractivity contribution in [2.45, 2.75) is 25.9 Å². The molecule has 1 fully saturated rings. The molecular formula is C9H18IN7. The highest BCUT2D eigenvalue weighted by Crippen LogP contribution is 2.30. The molecule has 0 unspecified atom stereocenters. The minimum atomic E-state index is 0. The van der Waals surface area contributed by atoms with Crippen molar-refractivity contribution in [2.24, 2.45) is 10.9 Å². The average molecular weight is 351 g/mol. The molecule has 0 atom stereocenters. The fraction of sp³-hybridized carbons (Fsp3) is 0.778. The zero-order valence-electron chi connectivity index (χ0n) is 10.1. The maximum absolute atomic E-state index is 4.03. The standard InChI is InChI=1S/C9H17N7.HI/c1-10-9(11-2)12-5-8-13-14-15-16(8)6-7-3-4-7;/h7H,3-6H2,1-2H3,(H2,10,11,12);1H.